The summed E-state index contributed by atoms with van der Waals surface area (Å²) in [4.78, 5) is 24.1. The third kappa shape index (κ3) is 3.67. The summed E-state index contributed by atoms with van der Waals surface area (Å²) in [7, 11) is 2.80. The molecule has 138 valence electrons. The van der Waals surface area contributed by atoms with Crippen molar-refractivity contribution >= 4 is 28.3 Å². The van der Waals surface area contributed by atoms with Gasteiger partial charge in [-0.1, -0.05) is 12.1 Å². The first-order valence-electron chi connectivity index (χ1n) is 7.93. The van der Waals surface area contributed by atoms with E-state index in [1.165, 1.54) is 44.6 Å². The van der Waals surface area contributed by atoms with Crippen molar-refractivity contribution in [3.63, 3.8) is 0 Å². The molecule has 0 aliphatic heterocycles. The van der Waals surface area contributed by atoms with Gasteiger partial charge in [0, 0.05) is 17.7 Å². The Balaban J connectivity index is 1.97. The van der Waals surface area contributed by atoms with Gasteiger partial charge in [-0.2, -0.15) is 0 Å². The lowest BCUT2D eigenvalue weighted by molar-refractivity contribution is 0.0697. The Hall–Kier alpha value is -3.61. The number of nitrogens with one attached hydrogen (secondary N) is 1. The number of carbonyl (C=O) groups excluding carboxylic acids is 1. The third-order valence-corrected chi connectivity index (χ3v) is 4.07. The van der Waals surface area contributed by atoms with Crippen LogP contribution in [0.15, 0.2) is 48.5 Å². The van der Waals surface area contributed by atoms with E-state index in [9.17, 15) is 19.1 Å². The zero-order valence-corrected chi connectivity index (χ0v) is 14.6. The monoisotopic (exact) mass is 369 g/mol. The molecule has 0 aliphatic carbocycles. The lowest BCUT2D eigenvalue weighted by Gasteiger charge is -2.14. The number of rotatable bonds is 5. The van der Waals surface area contributed by atoms with Crippen molar-refractivity contribution in [2.24, 2.45) is 0 Å². The molecule has 0 heterocycles. The van der Waals surface area contributed by atoms with Crippen LogP contribution in [0.5, 0.6) is 11.5 Å². The topological polar surface area (TPSA) is 84.9 Å². The van der Waals surface area contributed by atoms with Gasteiger partial charge in [-0.25, -0.2) is 9.18 Å². The van der Waals surface area contributed by atoms with Gasteiger partial charge in [0.25, 0.3) is 5.91 Å². The Morgan fingerprint density at radius 2 is 1.56 bits per heavy atom. The van der Waals surface area contributed by atoms with Crippen LogP contribution in [0.4, 0.5) is 10.1 Å². The predicted octanol–water partition coefficient (Wildman–Crippen LogP) is 3.95. The van der Waals surface area contributed by atoms with E-state index in [0.29, 0.717) is 16.3 Å². The minimum Gasteiger partial charge on any atom is -0.493 e. The van der Waals surface area contributed by atoms with E-state index in [1.54, 1.807) is 18.2 Å². The second kappa shape index (κ2) is 7.33. The van der Waals surface area contributed by atoms with Gasteiger partial charge >= 0.3 is 5.97 Å². The molecule has 3 aromatic rings. The number of anilines is 1. The molecule has 0 aromatic heterocycles. The van der Waals surface area contributed by atoms with E-state index in [0.717, 1.165) is 0 Å². The van der Waals surface area contributed by atoms with Gasteiger partial charge < -0.3 is 19.9 Å². The van der Waals surface area contributed by atoms with Crippen LogP contribution in [-0.4, -0.2) is 31.2 Å². The standard InChI is InChI=1S/C20H16FNO5/c1-26-17-9-15(20(24)25)16(10-18(17)27-2)22-19(23)13-4-3-12-8-14(21)6-5-11(12)7-13/h3-10H,1-2H3,(H,22,23)(H,24,25). The van der Waals surface area contributed by atoms with Crippen LogP contribution in [0.25, 0.3) is 10.8 Å². The quantitative estimate of drug-likeness (QED) is 0.711. The highest BCUT2D eigenvalue weighted by Gasteiger charge is 2.18. The number of carboxylic acid groups (broad SMARTS) is 1. The Labute approximate surface area is 154 Å². The highest BCUT2D eigenvalue weighted by molar-refractivity contribution is 6.09. The molecular weight excluding hydrogens is 353 g/mol. The molecule has 3 rings (SSSR count). The first kappa shape index (κ1) is 18.2. The smallest absolute Gasteiger partial charge is 0.337 e. The summed E-state index contributed by atoms with van der Waals surface area (Å²) in [6.07, 6.45) is 0. The van der Waals surface area contributed by atoms with Crippen molar-refractivity contribution in [1.82, 2.24) is 0 Å². The molecule has 3 aromatic carbocycles. The van der Waals surface area contributed by atoms with Gasteiger partial charge in [-0.3, -0.25) is 4.79 Å². The number of hydrogen-bond donors (Lipinski definition) is 2. The lowest BCUT2D eigenvalue weighted by atomic mass is 10.1. The number of fused-ring (bicyclic) bond motifs is 1. The van der Waals surface area contributed by atoms with Crippen molar-refractivity contribution < 1.29 is 28.6 Å². The van der Waals surface area contributed by atoms with E-state index in [2.05, 4.69) is 5.32 Å². The maximum Gasteiger partial charge on any atom is 0.337 e. The maximum atomic E-state index is 13.3. The zero-order chi connectivity index (χ0) is 19.6. The molecule has 0 bridgehead atoms. The minimum absolute atomic E-state index is 0.0735. The number of aromatic carboxylic acids is 1. The molecule has 0 fully saturated rings. The highest BCUT2D eigenvalue weighted by atomic mass is 19.1. The number of carboxylic acids is 1. The van der Waals surface area contributed by atoms with E-state index >= 15 is 0 Å². The van der Waals surface area contributed by atoms with Crippen molar-refractivity contribution in [1.29, 1.82) is 0 Å². The van der Waals surface area contributed by atoms with E-state index in [1.807, 2.05) is 0 Å². The number of carbonyl (C=O) groups is 2. The molecule has 7 heteroatoms. The second-order valence-electron chi connectivity index (χ2n) is 5.72. The molecule has 6 nitrogen and oxygen atoms in total. The van der Waals surface area contributed by atoms with Crippen LogP contribution in [0.2, 0.25) is 0 Å². The van der Waals surface area contributed by atoms with Gasteiger partial charge in [0.15, 0.2) is 11.5 Å². The minimum atomic E-state index is -1.22. The third-order valence-electron chi connectivity index (χ3n) is 4.07. The fourth-order valence-corrected chi connectivity index (χ4v) is 2.71. The second-order valence-corrected chi connectivity index (χ2v) is 5.72. The van der Waals surface area contributed by atoms with Gasteiger partial charge in [0.1, 0.15) is 5.82 Å². The van der Waals surface area contributed by atoms with Crippen LogP contribution in [0.1, 0.15) is 20.7 Å². The Bertz CT molecular complexity index is 1050. The van der Waals surface area contributed by atoms with E-state index < -0.39 is 11.9 Å². The number of hydrogen-bond acceptors (Lipinski definition) is 4. The number of halogens is 1. The number of amides is 1. The van der Waals surface area contributed by atoms with Crippen LogP contribution in [0.3, 0.4) is 0 Å². The summed E-state index contributed by atoms with van der Waals surface area (Å²) in [5, 5.41) is 13.3. The Morgan fingerprint density at radius 3 is 2.22 bits per heavy atom. The molecule has 0 saturated heterocycles. The fourth-order valence-electron chi connectivity index (χ4n) is 2.71. The van der Waals surface area contributed by atoms with Crippen molar-refractivity contribution in [3.05, 3.63) is 65.5 Å². The molecule has 1 amide bonds. The molecule has 0 saturated carbocycles. The molecule has 0 atom stereocenters. The number of benzene rings is 3. The lowest BCUT2D eigenvalue weighted by Crippen LogP contribution is -2.15. The normalized spacial score (nSPS) is 10.5. The molecule has 2 N–H and O–H groups in total. The zero-order valence-electron chi connectivity index (χ0n) is 14.6. The van der Waals surface area contributed by atoms with E-state index in [4.69, 9.17) is 9.47 Å². The average molecular weight is 369 g/mol. The number of methoxy groups -OCH3 is 2. The molecular formula is C20H16FNO5. The molecule has 0 radical (unpaired) electrons. The summed E-state index contributed by atoms with van der Waals surface area (Å²) in [6, 6.07) is 11.7. The van der Waals surface area contributed by atoms with Crippen LogP contribution in [-0.2, 0) is 0 Å². The van der Waals surface area contributed by atoms with Crippen LogP contribution < -0.4 is 14.8 Å². The van der Waals surface area contributed by atoms with Crippen molar-refractivity contribution in [3.8, 4) is 11.5 Å². The summed E-state index contributed by atoms with van der Waals surface area (Å²) < 4.78 is 23.5. The first-order valence-corrected chi connectivity index (χ1v) is 7.93. The van der Waals surface area contributed by atoms with Crippen LogP contribution >= 0.6 is 0 Å². The van der Waals surface area contributed by atoms with Crippen molar-refractivity contribution in [2.45, 2.75) is 0 Å². The highest BCUT2D eigenvalue weighted by Crippen LogP contribution is 2.33. The summed E-state index contributed by atoms with van der Waals surface area (Å²) >= 11 is 0. The van der Waals surface area contributed by atoms with Gasteiger partial charge in [-0.05, 0) is 35.0 Å². The largest absolute Gasteiger partial charge is 0.493 e. The molecule has 0 aliphatic rings. The molecule has 0 unspecified atom stereocenters. The van der Waals surface area contributed by atoms with E-state index in [-0.39, 0.29) is 28.6 Å². The van der Waals surface area contributed by atoms with Gasteiger partial charge in [0.05, 0.1) is 25.5 Å². The van der Waals surface area contributed by atoms with Gasteiger partial charge in [-0.15, -0.1) is 0 Å². The van der Waals surface area contributed by atoms with Crippen molar-refractivity contribution in [2.75, 3.05) is 19.5 Å². The summed E-state index contributed by atoms with van der Waals surface area (Å²) in [6.45, 7) is 0. The molecule has 0 spiro atoms. The SMILES string of the molecule is COc1cc(NC(=O)c2ccc3cc(F)ccc3c2)c(C(=O)O)cc1OC. The first-order chi connectivity index (χ1) is 12.9. The van der Waals surface area contributed by atoms with Gasteiger partial charge in [0.2, 0.25) is 0 Å². The number of ether oxygens (including phenoxy) is 2. The predicted molar refractivity (Wildman–Crippen MR) is 98.4 cm³/mol. The Kier molecular flexibility index (Phi) is 4.94. The van der Waals surface area contributed by atoms with Crippen LogP contribution in [0, 0.1) is 5.82 Å². The summed E-state index contributed by atoms with van der Waals surface area (Å²) in [5.41, 5.74) is 0.244. The Morgan fingerprint density at radius 1 is 0.926 bits per heavy atom. The average Bonchev–Trinajstić information content (AvgIpc) is 2.66. The summed E-state index contributed by atoms with van der Waals surface area (Å²) in [5.74, 6) is -1.57. The fraction of sp³-hybridized carbons (Fsp3) is 0.100. The molecule has 27 heavy (non-hydrogen) atoms. The maximum absolute atomic E-state index is 13.3.